The fraction of sp³-hybridized carbons (Fsp3) is 0.889. The van der Waals surface area contributed by atoms with E-state index < -0.39 is 0 Å². The topological polar surface area (TPSA) is 42.2 Å². The van der Waals surface area contributed by atoms with Crippen LogP contribution in [-0.2, 0) is 9.47 Å². The van der Waals surface area contributed by atoms with E-state index in [2.05, 4.69) is 6.07 Å². The Kier molecular flexibility index (Phi) is 3.07. The third kappa shape index (κ3) is 2.80. The predicted octanol–water partition coefficient (Wildman–Crippen LogP) is 1.34. The van der Waals surface area contributed by atoms with Crippen LogP contribution < -0.4 is 0 Å². The van der Waals surface area contributed by atoms with E-state index in [0.29, 0.717) is 19.8 Å². The second-order valence-electron chi connectivity index (χ2n) is 3.78. The van der Waals surface area contributed by atoms with Crippen molar-refractivity contribution in [1.29, 1.82) is 5.26 Å². The van der Waals surface area contributed by atoms with Crippen LogP contribution in [0.2, 0.25) is 0 Å². The van der Waals surface area contributed by atoms with Gasteiger partial charge >= 0.3 is 0 Å². The summed E-state index contributed by atoms with van der Waals surface area (Å²) in [6.07, 6.45) is 1.07. The van der Waals surface area contributed by atoms with Gasteiger partial charge in [-0.25, -0.2) is 0 Å². The minimum Gasteiger partial charge on any atom is -0.376 e. The normalized spacial score (nSPS) is 18.4. The molecular weight excluding hydrogens is 154 g/mol. The first-order valence-corrected chi connectivity index (χ1v) is 4.25. The maximum absolute atomic E-state index is 8.70. The van der Waals surface area contributed by atoms with Crippen molar-refractivity contribution in [1.82, 2.24) is 0 Å². The van der Waals surface area contributed by atoms with Gasteiger partial charge in [0.15, 0.2) is 0 Å². The molecule has 68 valence electrons. The molecule has 1 aliphatic heterocycles. The number of rotatable bonds is 4. The van der Waals surface area contributed by atoms with Gasteiger partial charge in [0.05, 0.1) is 24.7 Å². The molecule has 0 saturated carbocycles. The molecule has 0 unspecified atom stereocenters. The fourth-order valence-electron chi connectivity index (χ4n) is 0.847. The number of hydrogen-bond donors (Lipinski definition) is 0. The minimum absolute atomic E-state index is 0.259. The first kappa shape index (κ1) is 9.50. The maximum Gasteiger partial charge on any atom is 0.104 e. The quantitative estimate of drug-likeness (QED) is 0.637. The molecule has 0 N–H and O–H groups in total. The molecule has 1 heterocycles. The second kappa shape index (κ2) is 3.88. The van der Waals surface area contributed by atoms with E-state index in [4.69, 9.17) is 14.7 Å². The van der Waals surface area contributed by atoms with E-state index in [1.54, 1.807) is 0 Å². The van der Waals surface area contributed by atoms with E-state index in [9.17, 15) is 0 Å². The highest BCUT2D eigenvalue weighted by molar-refractivity contribution is 4.91. The molecule has 0 aromatic heterocycles. The lowest BCUT2D eigenvalue weighted by atomic mass is 9.92. The van der Waals surface area contributed by atoms with Gasteiger partial charge in [0, 0.05) is 6.61 Å². The summed E-state index contributed by atoms with van der Waals surface area (Å²) in [5.74, 6) is 0. The Hall–Kier alpha value is -0.590. The van der Waals surface area contributed by atoms with Crippen molar-refractivity contribution in [3.05, 3.63) is 0 Å². The molecule has 0 atom stereocenters. The van der Waals surface area contributed by atoms with Crippen LogP contribution in [0, 0.1) is 16.7 Å². The fourth-order valence-corrected chi connectivity index (χ4v) is 0.847. The van der Waals surface area contributed by atoms with Gasteiger partial charge in [0.25, 0.3) is 0 Å². The van der Waals surface area contributed by atoms with Crippen LogP contribution in [0.3, 0.4) is 0 Å². The van der Waals surface area contributed by atoms with Crippen LogP contribution in [0.15, 0.2) is 0 Å². The minimum atomic E-state index is -0.259. The molecule has 1 fully saturated rings. The predicted molar refractivity (Wildman–Crippen MR) is 44.6 cm³/mol. The van der Waals surface area contributed by atoms with Crippen molar-refractivity contribution in [3.63, 3.8) is 0 Å². The highest BCUT2D eigenvalue weighted by Gasteiger charge is 2.21. The third-order valence-corrected chi connectivity index (χ3v) is 1.99. The van der Waals surface area contributed by atoms with Crippen molar-refractivity contribution >= 4 is 0 Å². The van der Waals surface area contributed by atoms with E-state index in [0.717, 1.165) is 6.42 Å². The lowest BCUT2D eigenvalue weighted by Crippen LogP contribution is -2.36. The Morgan fingerprint density at radius 1 is 1.58 bits per heavy atom. The Labute approximate surface area is 73.3 Å². The van der Waals surface area contributed by atoms with Crippen molar-refractivity contribution in [2.75, 3.05) is 19.8 Å². The number of nitrogens with zero attached hydrogens (tertiary/aromatic N) is 1. The van der Waals surface area contributed by atoms with Crippen LogP contribution in [0.1, 0.15) is 20.3 Å². The monoisotopic (exact) mass is 169 g/mol. The van der Waals surface area contributed by atoms with E-state index in [1.807, 2.05) is 13.8 Å². The molecule has 1 aliphatic rings. The van der Waals surface area contributed by atoms with Gasteiger partial charge in [-0.05, 0) is 20.3 Å². The van der Waals surface area contributed by atoms with Crippen LogP contribution in [0.4, 0.5) is 0 Å². The van der Waals surface area contributed by atoms with E-state index in [-0.39, 0.29) is 11.5 Å². The van der Waals surface area contributed by atoms with Gasteiger partial charge in [0.1, 0.15) is 6.10 Å². The van der Waals surface area contributed by atoms with Crippen LogP contribution in [0.5, 0.6) is 0 Å². The Morgan fingerprint density at radius 2 is 2.25 bits per heavy atom. The Balaban J connectivity index is 2.05. The van der Waals surface area contributed by atoms with Crippen molar-refractivity contribution in [2.24, 2.45) is 5.41 Å². The van der Waals surface area contributed by atoms with Crippen molar-refractivity contribution in [2.45, 2.75) is 26.4 Å². The summed E-state index contributed by atoms with van der Waals surface area (Å²) in [6.45, 7) is 5.94. The van der Waals surface area contributed by atoms with E-state index in [1.165, 1.54) is 0 Å². The summed E-state index contributed by atoms with van der Waals surface area (Å²) in [5, 5.41) is 8.70. The van der Waals surface area contributed by atoms with Crippen molar-refractivity contribution < 1.29 is 9.47 Å². The second-order valence-corrected chi connectivity index (χ2v) is 3.78. The molecule has 0 aliphatic carbocycles. The summed E-state index contributed by atoms with van der Waals surface area (Å²) in [4.78, 5) is 0. The molecular formula is C9H15NO2. The largest absolute Gasteiger partial charge is 0.376 e. The molecule has 1 saturated heterocycles. The van der Waals surface area contributed by atoms with Gasteiger partial charge < -0.3 is 9.47 Å². The lowest BCUT2D eigenvalue weighted by Gasteiger charge is -2.27. The molecule has 3 nitrogen and oxygen atoms in total. The highest BCUT2D eigenvalue weighted by atomic mass is 16.6. The Morgan fingerprint density at radius 3 is 2.67 bits per heavy atom. The molecule has 0 bridgehead atoms. The van der Waals surface area contributed by atoms with Crippen LogP contribution >= 0.6 is 0 Å². The lowest BCUT2D eigenvalue weighted by molar-refractivity contribution is -0.131. The molecule has 12 heavy (non-hydrogen) atoms. The van der Waals surface area contributed by atoms with Crippen LogP contribution in [-0.4, -0.2) is 25.9 Å². The molecule has 0 spiro atoms. The zero-order valence-electron chi connectivity index (χ0n) is 7.67. The van der Waals surface area contributed by atoms with E-state index >= 15 is 0 Å². The highest BCUT2D eigenvalue weighted by Crippen LogP contribution is 2.19. The average molecular weight is 169 g/mol. The van der Waals surface area contributed by atoms with Gasteiger partial charge in [-0.3, -0.25) is 0 Å². The molecule has 1 rings (SSSR count). The summed E-state index contributed by atoms with van der Waals surface area (Å²) in [7, 11) is 0. The molecule has 0 aromatic carbocycles. The van der Waals surface area contributed by atoms with Crippen molar-refractivity contribution in [3.8, 4) is 6.07 Å². The summed E-state index contributed by atoms with van der Waals surface area (Å²) in [6, 6.07) is 2.24. The molecule has 0 radical (unpaired) electrons. The number of hydrogen-bond acceptors (Lipinski definition) is 3. The zero-order valence-corrected chi connectivity index (χ0v) is 7.67. The SMILES string of the molecule is CC(C)(C#N)CCOC1COC1. The maximum atomic E-state index is 8.70. The molecule has 0 aromatic rings. The van der Waals surface area contributed by atoms with Gasteiger partial charge in [-0.1, -0.05) is 0 Å². The Bertz CT molecular complexity index is 179. The summed E-state index contributed by atoms with van der Waals surface area (Å²) >= 11 is 0. The summed E-state index contributed by atoms with van der Waals surface area (Å²) in [5.41, 5.74) is -0.259. The third-order valence-electron chi connectivity index (χ3n) is 1.99. The van der Waals surface area contributed by atoms with Crippen LogP contribution in [0.25, 0.3) is 0 Å². The first-order chi connectivity index (χ1) is 5.64. The zero-order chi connectivity index (χ0) is 9.03. The number of ether oxygens (including phenoxy) is 2. The van der Waals surface area contributed by atoms with Gasteiger partial charge in [-0.15, -0.1) is 0 Å². The number of nitriles is 1. The first-order valence-electron chi connectivity index (χ1n) is 4.25. The smallest absolute Gasteiger partial charge is 0.104 e. The molecule has 3 heteroatoms. The van der Waals surface area contributed by atoms with Gasteiger partial charge in [-0.2, -0.15) is 5.26 Å². The summed E-state index contributed by atoms with van der Waals surface area (Å²) < 4.78 is 10.4. The molecule has 0 amide bonds. The van der Waals surface area contributed by atoms with Gasteiger partial charge in [0.2, 0.25) is 0 Å². The standard InChI is InChI=1S/C9H15NO2/c1-9(2,7-10)3-4-12-8-5-11-6-8/h8H,3-6H2,1-2H3. The average Bonchev–Trinajstić information content (AvgIpc) is 1.95.